The Morgan fingerprint density at radius 1 is 1.53 bits per heavy atom. The summed E-state index contributed by atoms with van der Waals surface area (Å²) in [6.45, 7) is 4.82. The first-order valence-electron chi connectivity index (χ1n) is 5.50. The molecule has 1 aliphatic rings. The van der Waals surface area contributed by atoms with Gasteiger partial charge in [-0.1, -0.05) is 13.8 Å². The van der Waals surface area contributed by atoms with E-state index in [4.69, 9.17) is 9.15 Å². The fourth-order valence-corrected chi connectivity index (χ4v) is 2.07. The van der Waals surface area contributed by atoms with Crippen LogP contribution < -0.4 is 0 Å². The van der Waals surface area contributed by atoms with E-state index in [1.807, 2.05) is 12.1 Å². The monoisotopic (exact) mass is 210 g/mol. The van der Waals surface area contributed by atoms with Crippen molar-refractivity contribution in [3.8, 4) is 0 Å². The molecule has 1 aromatic rings. The van der Waals surface area contributed by atoms with Gasteiger partial charge in [-0.25, -0.2) is 0 Å². The van der Waals surface area contributed by atoms with Gasteiger partial charge in [0.25, 0.3) is 0 Å². The topological polar surface area (TPSA) is 42.6 Å². The maximum absolute atomic E-state index is 10.5. The molecule has 2 atom stereocenters. The Hall–Kier alpha value is -0.800. The van der Waals surface area contributed by atoms with E-state index in [1.54, 1.807) is 6.26 Å². The molecule has 1 aliphatic heterocycles. The second-order valence-corrected chi connectivity index (χ2v) is 4.62. The fourth-order valence-electron chi connectivity index (χ4n) is 2.07. The van der Waals surface area contributed by atoms with Crippen LogP contribution in [0, 0.1) is 5.92 Å². The average Bonchev–Trinajstić information content (AvgIpc) is 2.71. The highest BCUT2D eigenvalue weighted by molar-refractivity contribution is 5.10. The van der Waals surface area contributed by atoms with Crippen LogP contribution in [-0.2, 0) is 10.3 Å². The molecule has 2 rings (SSSR count). The molecule has 3 heteroatoms. The smallest absolute Gasteiger partial charge is 0.135 e. The van der Waals surface area contributed by atoms with E-state index in [2.05, 4.69) is 13.8 Å². The number of hydrogen-bond donors (Lipinski definition) is 1. The van der Waals surface area contributed by atoms with Crippen LogP contribution >= 0.6 is 0 Å². The minimum absolute atomic E-state index is 0.119. The minimum atomic E-state index is -0.837. The van der Waals surface area contributed by atoms with Crippen LogP contribution in [0.4, 0.5) is 0 Å². The lowest BCUT2D eigenvalue weighted by Gasteiger charge is -2.37. The van der Waals surface area contributed by atoms with Gasteiger partial charge < -0.3 is 14.3 Å². The molecule has 0 spiro atoms. The summed E-state index contributed by atoms with van der Waals surface area (Å²) in [6.07, 6.45) is 2.96. The van der Waals surface area contributed by atoms with Crippen LogP contribution in [0.5, 0.6) is 0 Å². The second kappa shape index (κ2) is 3.99. The number of furan rings is 1. The molecule has 84 valence electrons. The van der Waals surface area contributed by atoms with Crippen molar-refractivity contribution in [3.63, 3.8) is 0 Å². The zero-order valence-corrected chi connectivity index (χ0v) is 9.27. The molecule has 15 heavy (non-hydrogen) atoms. The summed E-state index contributed by atoms with van der Waals surface area (Å²) in [5, 5.41) is 10.5. The van der Waals surface area contributed by atoms with Gasteiger partial charge in [0.1, 0.15) is 11.4 Å². The third kappa shape index (κ3) is 2.08. The minimum Gasteiger partial charge on any atom is -0.466 e. The third-order valence-corrected chi connectivity index (χ3v) is 3.11. The van der Waals surface area contributed by atoms with E-state index in [0.29, 0.717) is 31.1 Å². The van der Waals surface area contributed by atoms with Gasteiger partial charge in [-0.3, -0.25) is 0 Å². The predicted octanol–water partition coefficient (Wildman–Crippen LogP) is 2.30. The van der Waals surface area contributed by atoms with Crippen molar-refractivity contribution in [2.24, 2.45) is 5.92 Å². The van der Waals surface area contributed by atoms with Crippen molar-refractivity contribution in [3.05, 3.63) is 24.2 Å². The van der Waals surface area contributed by atoms with Gasteiger partial charge in [0.15, 0.2) is 0 Å². The molecule has 1 fully saturated rings. The van der Waals surface area contributed by atoms with Crippen molar-refractivity contribution in [1.82, 2.24) is 0 Å². The van der Waals surface area contributed by atoms with E-state index in [9.17, 15) is 5.11 Å². The molecule has 1 aromatic heterocycles. The van der Waals surface area contributed by atoms with Crippen molar-refractivity contribution < 1.29 is 14.3 Å². The molecule has 3 nitrogen and oxygen atoms in total. The van der Waals surface area contributed by atoms with Crippen molar-refractivity contribution in [2.45, 2.75) is 38.4 Å². The Balaban J connectivity index is 2.15. The summed E-state index contributed by atoms with van der Waals surface area (Å²) in [6, 6.07) is 3.65. The number of rotatable bonds is 2. The summed E-state index contributed by atoms with van der Waals surface area (Å²) in [5.41, 5.74) is -0.837. The zero-order chi connectivity index (χ0) is 10.9. The van der Waals surface area contributed by atoms with Gasteiger partial charge >= 0.3 is 0 Å². The highest BCUT2D eigenvalue weighted by Gasteiger charge is 2.39. The van der Waals surface area contributed by atoms with Gasteiger partial charge in [0, 0.05) is 12.8 Å². The molecule has 0 aliphatic carbocycles. The molecule has 1 saturated heterocycles. The van der Waals surface area contributed by atoms with Gasteiger partial charge in [0.2, 0.25) is 0 Å². The summed E-state index contributed by atoms with van der Waals surface area (Å²) in [5.74, 6) is 1.09. The first kappa shape index (κ1) is 10.7. The Labute approximate surface area is 90.0 Å². The van der Waals surface area contributed by atoms with E-state index in [-0.39, 0.29) is 6.10 Å². The van der Waals surface area contributed by atoms with Crippen LogP contribution in [0.25, 0.3) is 0 Å². The Morgan fingerprint density at radius 2 is 2.33 bits per heavy atom. The van der Waals surface area contributed by atoms with Crippen molar-refractivity contribution in [2.75, 3.05) is 6.61 Å². The first-order chi connectivity index (χ1) is 7.12. The Kier molecular flexibility index (Phi) is 2.85. The SMILES string of the molecule is CC(C)C1CC(O)(c2ccco2)CCO1. The molecule has 0 radical (unpaired) electrons. The maximum Gasteiger partial charge on any atom is 0.135 e. The molecule has 0 saturated carbocycles. The van der Waals surface area contributed by atoms with Crippen LogP contribution in [0.1, 0.15) is 32.4 Å². The van der Waals surface area contributed by atoms with Crippen molar-refractivity contribution in [1.29, 1.82) is 0 Å². The lowest BCUT2D eigenvalue weighted by Crippen LogP contribution is -2.40. The van der Waals surface area contributed by atoms with E-state index < -0.39 is 5.60 Å². The molecule has 0 bridgehead atoms. The maximum atomic E-state index is 10.5. The molecular formula is C12H18O3. The van der Waals surface area contributed by atoms with Crippen LogP contribution in [0.15, 0.2) is 22.8 Å². The van der Waals surface area contributed by atoms with Crippen LogP contribution in [0.3, 0.4) is 0 Å². The van der Waals surface area contributed by atoms with Crippen LogP contribution in [-0.4, -0.2) is 17.8 Å². The highest BCUT2D eigenvalue weighted by atomic mass is 16.5. The quantitative estimate of drug-likeness (QED) is 0.814. The molecule has 0 amide bonds. The first-order valence-corrected chi connectivity index (χ1v) is 5.50. The number of hydrogen-bond acceptors (Lipinski definition) is 3. The second-order valence-electron chi connectivity index (χ2n) is 4.62. The lowest BCUT2D eigenvalue weighted by atomic mass is 9.84. The lowest BCUT2D eigenvalue weighted by molar-refractivity contribution is -0.129. The van der Waals surface area contributed by atoms with E-state index in [0.717, 1.165) is 0 Å². The van der Waals surface area contributed by atoms with Gasteiger partial charge in [-0.05, 0) is 18.1 Å². The Bertz CT molecular complexity index is 305. The third-order valence-electron chi connectivity index (χ3n) is 3.11. The normalized spacial score (nSPS) is 32.1. The number of ether oxygens (including phenoxy) is 1. The van der Waals surface area contributed by atoms with Gasteiger partial charge in [0.05, 0.1) is 19.0 Å². The van der Waals surface area contributed by atoms with E-state index in [1.165, 1.54) is 0 Å². The van der Waals surface area contributed by atoms with Gasteiger partial charge in [-0.2, -0.15) is 0 Å². The molecule has 0 aromatic carbocycles. The molecule has 1 N–H and O–H groups in total. The molecule has 2 unspecified atom stereocenters. The van der Waals surface area contributed by atoms with Gasteiger partial charge in [-0.15, -0.1) is 0 Å². The summed E-state index contributed by atoms with van der Waals surface area (Å²) >= 11 is 0. The number of aliphatic hydroxyl groups is 1. The zero-order valence-electron chi connectivity index (χ0n) is 9.27. The molecular weight excluding hydrogens is 192 g/mol. The van der Waals surface area contributed by atoms with E-state index >= 15 is 0 Å². The fraction of sp³-hybridized carbons (Fsp3) is 0.667. The Morgan fingerprint density at radius 3 is 2.93 bits per heavy atom. The average molecular weight is 210 g/mol. The summed E-state index contributed by atoms with van der Waals surface area (Å²) in [4.78, 5) is 0. The standard InChI is InChI=1S/C12H18O3/c1-9(2)10-8-12(13,5-7-14-10)11-4-3-6-15-11/h3-4,6,9-10,13H,5,7-8H2,1-2H3. The summed E-state index contributed by atoms with van der Waals surface area (Å²) < 4.78 is 10.9. The van der Waals surface area contributed by atoms with Crippen molar-refractivity contribution >= 4 is 0 Å². The summed E-state index contributed by atoms with van der Waals surface area (Å²) in [7, 11) is 0. The van der Waals surface area contributed by atoms with Crippen LogP contribution in [0.2, 0.25) is 0 Å². The highest BCUT2D eigenvalue weighted by Crippen LogP contribution is 2.36. The molecule has 2 heterocycles. The largest absolute Gasteiger partial charge is 0.466 e. The predicted molar refractivity (Wildman–Crippen MR) is 56.4 cm³/mol.